The Morgan fingerprint density at radius 1 is 1.45 bits per heavy atom. The number of Topliss-reactive ketones (excluding diaryl/α,β-unsaturated/α-hetero) is 1. The van der Waals surface area contributed by atoms with E-state index in [0.29, 0.717) is 36.3 Å². The van der Waals surface area contributed by atoms with Crippen LogP contribution in [0.2, 0.25) is 0 Å². The number of nitriles is 1. The number of nitrogens with zero attached hydrogens (tertiary/aromatic N) is 2. The maximum atomic E-state index is 11.5. The maximum absolute atomic E-state index is 11.5. The molecule has 1 aliphatic rings. The molecule has 2 rings (SSSR count). The van der Waals surface area contributed by atoms with Gasteiger partial charge in [-0.15, -0.1) is 0 Å². The Labute approximate surface area is 117 Å². The van der Waals surface area contributed by atoms with Crippen LogP contribution in [-0.2, 0) is 4.79 Å². The van der Waals surface area contributed by atoms with Crippen molar-refractivity contribution in [1.82, 2.24) is 0 Å². The summed E-state index contributed by atoms with van der Waals surface area (Å²) in [7, 11) is 0. The topological polar surface area (TPSA) is 81.4 Å². The van der Waals surface area contributed by atoms with Crippen LogP contribution in [0.3, 0.4) is 0 Å². The highest BCUT2D eigenvalue weighted by molar-refractivity contribution is 5.95. The Balaban J connectivity index is 2.38. The number of hydrogen-bond acceptors (Lipinski definition) is 4. The molecule has 20 heavy (non-hydrogen) atoms. The van der Waals surface area contributed by atoms with E-state index in [2.05, 4.69) is 6.07 Å². The van der Waals surface area contributed by atoms with Crippen LogP contribution < -0.4 is 4.90 Å². The summed E-state index contributed by atoms with van der Waals surface area (Å²) in [5, 5.41) is 18.4. The highest BCUT2D eigenvalue weighted by atomic mass is 16.4. The van der Waals surface area contributed by atoms with Gasteiger partial charge >= 0.3 is 5.97 Å². The van der Waals surface area contributed by atoms with Gasteiger partial charge in [-0.25, -0.2) is 0 Å². The van der Waals surface area contributed by atoms with Crippen LogP contribution in [0.15, 0.2) is 18.2 Å². The molecule has 1 aliphatic heterocycles. The summed E-state index contributed by atoms with van der Waals surface area (Å²) in [4.78, 5) is 24.6. The molecule has 0 aromatic heterocycles. The lowest BCUT2D eigenvalue weighted by Gasteiger charge is -2.23. The molecule has 1 aromatic carbocycles. The van der Waals surface area contributed by atoms with Crippen LogP contribution in [0.25, 0.3) is 0 Å². The number of ketones is 1. The van der Waals surface area contributed by atoms with Crippen LogP contribution in [-0.4, -0.2) is 29.9 Å². The minimum atomic E-state index is -0.832. The van der Waals surface area contributed by atoms with Crippen molar-refractivity contribution in [3.63, 3.8) is 0 Å². The molecule has 1 unspecified atom stereocenters. The van der Waals surface area contributed by atoms with Crippen LogP contribution >= 0.6 is 0 Å². The van der Waals surface area contributed by atoms with Gasteiger partial charge in [-0.05, 0) is 38.5 Å². The molecular weight excluding hydrogens is 256 g/mol. The Morgan fingerprint density at radius 2 is 2.15 bits per heavy atom. The van der Waals surface area contributed by atoms with Gasteiger partial charge in [0.25, 0.3) is 0 Å². The van der Waals surface area contributed by atoms with Gasteiger partial charge in [0.2, 0.25) is 0 Å². The molecule has 0 amide bonds. The van der Waals surface area contributed by atoms with Crippen LogP contribution in [0.5, 0.6) is 0 Å². The van der Waals surface area contributed by atoms with Gasteiger partial charge < -0.3 is 10.0 Å². The normalized spacial score (nSPS) is 21.6. The molecule has 1 fully saturated rings. The Kier molecular flexibility index (Phi) is 3.49. The number of carboxylic acids is 1. The lowest BCUT2D eigenvalue weighted by Crippen LogP contribution is -2.32. The van der Waals surface area contributed by atoms with Crippen molar-refractivity contribution in [2.75, 3.05) is 18.0 Å². The van der Waals surface area contributed by atoms with Crippen molar-refractivity contribution in [2.24, 2.45) is 5.41 Å². The summed E-state index contributed by atoms with van der Waals surface area (Å²) < 4.78 is 0. The molecule has 0 saturated carbocycles. The average Bonchev–Trinajstić information content (AvgIpc) is 2.82. The van der Waals surface area contributed by atoms with E-state index in [0.717, 1.165) is 0 Å². The maximum Gasteiger partial charge on any atom is 0.311 e. The number of aliphatic carboxylic acids is 1. The number of carbonyl (C=O) groups is 2. The fraction of sp³-hybridized carbons (Fsp3) is 0.400. The predicted molar refractivity (Wildman–Crippen MR) is 73.7 cm³/mol. The molecule has 104 valence electrons. The molecule has 1 heterocycles. The quantitative estimate of drug-likeness (QED) is 0.852. The first kappa shape index (κ1) is 14.1. The van der Waals surface area contributed by atoms with Crippen molar-refractivity contribution >= 4 is 17.4 Å². The van der Waals surface area contributed by atoms with E-state index in [1.807, 2.05) is 4.90 Å². The van der Waals surface area contributed by atoms with E-state index >= 15 is 0 Å². The Hall–Kier alpha value is -2.35. The zero-order valence-corrected chi connectivity index (χ0v) is 11.5. The van der Waals surface area contributed by atoms with Gasteiger partial charge in [0.1, 0.15) is 6.07 Å². The molecule has 1 N–H and O–H groups in total. The number of anilines is 1. The van der Waals surface area contributed by atoms with E-state index < -0.39 is 11.4 Å². The lowest BCUT2D eigenvalue weighted by molar-refractivity contribution is -0.146. The largest absolute Gasteiger partial charge is 0.481 e. The highest BCUT2D eigenvalue weighted by Crippen LogP contribution is 2.35. The number of benzene rings is 1. The van der Waals surface area contributed by atoms with Crippen molar-refractivity contribution < 1.29 is 14.7 Å². The molecule has 1 saturated heterocycles. The van der Waals surface area contributed by atoms with Crippen molar-refractivity contribution in [3.8, 4) is 6.07 Å². The number of carboxylic acid groups (broad SMARTS) is 1. The molecule has 1 atom stereocenters. The second-order valence-corrected chi connectivity index (χ2v) is 5.44. The predicted octanol–water partition coefficient (Wildman–Crippen LogP) is 2.06. The first-order valence-electron chi connectivity index (χ1n) is 6.41. The minimum Gasteiger partial charge on any atom is -0.481 e. The molecule has 0 radical (unpaired) electrons. The first-order valence-corrected chi connectivity index (χ1v) is 6.41. The summed E-state index contributed by atoms with van der Waals surface area (Å²) in [5.41, 5.74) is 0.830. The zero-order valence-electron chi connectivity index (χ0n) is 11.5. The average molecular weight is 272 g/mol. The van der Waals surface area contributed by atoms with Gasteiger partial charge in [0.15, 0.2) is 5.78 Å². The highest BCUT2D eigenvalue weighted by Gasteiger charge is 2.41. The fourth-order valence-corrected chi connectivity index (χ4v) is 2.45. The SMILES string of the molecule is CC(=O)c1ccc(C#N)c(N2CCC(C)(C(=O)O)C2)c1. The summed E-state index contributed by atoms with van der Waals surface area (Å²) in [6.45, 7) is 4.09. The van der Waals surface area contributed by atoms with Crippen LogP contribution in [0.1, 0.15) is 36.2 Å². The molecule has 0 aliphatic carbocycles. The minimum absolute atomic E-state index is 0.0732. The molecule has 5 heteroatoms. The summed E-state index contributed by atoms with van der Waals surface area (Å²) in [6.07, 6.45) is 0.525. The third-order valence-electron chi connectivity index (χ3n) is 3.86. The fourth-order valence-electron chi connectivity index (χ4n) is 2.45. The third-order valence-corrected chi connectivity index (χ3v) is 3.86. The summed E-state index contributed by atoms with van der Waals surface area (Å²) in [5.74, 6) is -0.905. The Morgan fingerprint density at radius 3 is 2.65 bits per heavy atom. The lowest BCUT2D eigenvalue weighted by atomic mass is 9.90. The van der Waals surface area contributed by atoms with E-state index in [1.54, 1.807) is 25.1 Å². The van der Waals surface area contributed by atoms with Gasteiger partial charge in [-0.2, -0.15) is 5.26 Å². The van der Waals surface area contributed by atoms with E-state index in [-0.39, 0.29) is 5.78 Å². The van der Waals surface area contributed by atoms with Crippen molar-refractivity contribution in [2.45, 2.75) is 20.3 Å². The number of carbonyl (C=O) groups excluding carboxylic acids is 1. The van der Waals surface area contributed by atoms with Gasteiger partial charge in [0.05, 0.1) is 16.7 Å². The molecule has 0 spiro atoms. The second kappa shape index (κ2) is 4.97. The van der Waals surface area contributed by atoms with E-state index in [4.69, 9.17) is 5.26 Å². The standard InChI is InChI=1S/C15H16N2O3/c1-10(18)11-3-4-12(8-16)13(7-11)17-6-5-15(2,9-17)14(19)20/h3-4,7H,5-6,9H2,1-2H3,(H,19,20). The van der Waals surface area contributed by atoms with Gasteiger partial charge in [0, 0.05) is 18.7 Å². The number of hydrogen-bond donors (Lipinski definition) is 1. The molecule has 1 aromatic rings. The summed E-state index contributed by atoms with van der Waals surface area (Å²) >= 11 is 0. The molecule has 0 bridgehead atoms. The third kappa shape index (κ3) is 2.37. The molecule has 5 nitrogen and oxygen atoms in total. The second-order valence-electron chi connectivity index (χ2n) is 5.44. The van der Waals surface area contributed by atoms with Crippen molar-refractivity contribution in [3.05, 3.63) is 29.3 Å². The Bertz CT molecular complexity index is 618. The number of rotatable bonds is 3. The smallest absolute Gasteiger partial charge is 0.311 e. The van der Waals surface area contributed by atoms with E-state index in [9.17, 15) is 14.7 Å². The van der Waals surface area contributed by atoms with Gasteiger partial charge in [-0.3, -0.25) is 9.59 Å². The summed E-state index contributed by atoms with van der Waals surface area (Å²) in [6, 6.07) is 7.01. The molecular formula is C15H16N2O3. The van der Waals surface area contributed by atoms with Crippen LogP contribution in [0, 0.1) is 16.7 Å². The van der Waals surface area contributed by atoms with Crippen LogP contribution in [0.4, 0.5) is 5.69 Å². The zero-order chi connectivity index (χ0) is 14.9. The van der Waals surface area contributed by atoms with Gasteiger partial charge in [-0.1, -0.05) is 0 Å². The monoisotopic (exact) mass is 272 g/mol. The van der Waals surface area contributed by atoms with Crippen molar-refractivity contribution in [1.29, 1.82) is 5.26 Å². The first-order chi connectivity index (χ1) is 9.37. The van der Waals surface area contributed by atoms with E-state index in [1.165, 1.54) is 6.92 Å².